The maximum Gasteiger partial charge on any atom is 0.340 e. The molecule has 6 heteroatoms. The SMILES string of the molecule is COC(=O)c1ccnc(NC(C)c2ccncc2)c1N. The second-order valence-electron chi connectivity index (χ2n) is 4.26. The molecule has 0 fully saturated rings. The summed E-state index contributed by atoms with van der Waals surface area (Å²) >= 11 is 0. The number of carbonyl (C=O) groups excluding carboxylic acids is 1. The van der Waals surface area contributed by atoms with Crippen molar-refractivity contribution < 1.29 is 9.53 Å². The Kier molecular flexibility index (Phi) is 4.14. The maximum atomic E-state index is 11.6. The number of nitrogens with two attached hydrogens (primary N) is 1. The van der Waals surface area contributed by atoms with Gasteiger partial charge in [-0.3, -0.25) is 4.98 Å². The molecule has 0 aromatic carbocycles. The average Bonchev–Trinajstić information content (AvgIpc) is 2.49. The number of nitrogens with one attached hydrogen (secondary N) is 1. The summed E-state index contributed by atoms with van der Waals surface area (Å²) in [4.78, 5) is 19.7. The minimum atomic E-state index is -0.482. The molecule has 3 N–H and O–H groups in total. The van der Waals surface area contributed by atoms with Crippen LogP contribution in [0.25, 0.3) is 0 Å². The lowest BCUT2D eigenvalue weighted by Gasteiger charge is -2.17. The fourth-order valence-corrected chi connectivity index (χ4v) is 1.82. The zero-order valence-electron chi connectivity index (χ0n) is 11.3. The van der Waals surface area contributed by atoms with E-state index in [2.05, 4.69) is 20.0 Å². The monoisotopic (exact) mass is 272 g/mol. The number of hydrogen-bond acceptors (Lipinski definition) is 6. The Bertz CT molecular complexity index is 601. The zero-order chi connectivity index (χ0) is 14.5. The summed E-state index contributed by atoms with van der Waals surface area (Å²) in [6.45, 7) is 1.97. The first kappa shape index (κ1) is 13.8. The van der Waals surface area contributed by atoms with E-state index in [1.54, 1.807) is 12.4 Å². The Morgan fingerprint density at radius 2 is 2.00 bits per heavy atom. The molecule has 0 saturated heterocycles. The third-order valence-corrected chi connectivity index (χ3v) is 2.95. The number of carbonyl (C=O) groups is 1. The van der Waals surface area contributed by atoms with Crippen LogP contribution in [-0.2, 0) is 4.74 Å². The standard InChI is InChI=1S/C14H16N4O2/c1-9(10-3-6-16-7-4-10)18-13-12(15)11(5-8-17-13)14(19)20-2/h3-9H,15H2,1-2H3,(H,17,18). The molecule has 0 aliphatic heterocycles. The van der Waals surface area contributed by atoms with Gasteiger partial charge in [0, 0.05) is 18.6 Å². The van der Waals surface area contributed by atoms with Gasteiger partial charge < -0.3 is 15.8 Å². The summed E-state index contributed by atoms with van der Waals surface area (Å²) in [6, 6.07) is 5.32. The summed E-state index contributed by atoms with van der Waals surface area (Å²) in [5.74, 6) is -0.0262. The van der Waals surface area contributed by atoms with E-state index in [1.165, 1.54) is 19.4 Å². The van der Waals surface area contributed by atoms with Crippen LogP contribution in [0, 0.1) is 0 Å². The predicted molar refractivity (Wildman–Crippen MR) is 76.3 cm³/mol. The minimum Gasteiger partial charge on any atom is -0.465 e. The van der Waals surface area contributed by atoms with E-state index in [4.69, 9.17) is 5.73 Å². The van der Waals surface area contributed by atoms with Crippen molar-refractivity contribution in [2.45, 2.75) is 13.0 Å². The van der Waals surface area contributed by atoms with Crippen LogP contribution >= 0.6 is 0 Å². The molecule has 2 rings (SSSR count). The van der Waals surface area contributed by atoms with Gasteiger partial charge in [0.05, 0.1) is 24.4 Å². The molecule has 0 aliphatic carbocycles. The number of pyridine rings is 2. The molecule has 0 bridgehead atoms. The number of methoxy groups -OCH3 is 1. The number of nitrogen functional groups attached to an aromatic ring is 1. The topological polar surface area (TPSA) is 90.1 Å². The van der Waals surface area contributed by atoms with Gasteiger partial charge in [0.1, 0.15) is 0 Å². The molecule has 0 spiro atoms. The smallest absolute Gasteiger partial charge is 0.340 e. The third-order valence-electron chi connectivity index (χ3n) is 2.95. The quantitative estimate of drug-likeness (QED) is 0.827. The molecule has 0 amide bonds. The fraction of sp³-hybridized carbons (Fsp3) is 0.214. The molecule has 6 nitrogen and oxygen atoms in total. The highest BCUT2D eigenvalue weighted by molar-refractivity contribution is 5.97. The number of esters is 1. The fourth-order valence-electron chi connectivity index (χ4n) is 1.82. The number of rotatable bonds is 4. The Labute approximate surface area is 117 Å². The van der Waals surface area contributed by atoms with Crippen LogP contribution in [0.15, 0.2) is 36.8 Å². The van der Waals surface area contributed by atoms with Gasteiger partial charge in [0.25, 0.3) is 0 Å². The molecular formula is C14H16N4O2. The minimum absolute atomic E-state index is 0.0132. The molecule has 0 saturated carbocycles. The Morgan fingerprint density at radius 3 is 2.65 bits per heavy atom. The van der Waals surface area contributed by atoms with Crippen LogP contribution in [0.5, 0.6) is 0 Å². The van der Waals surface area contributed by atoms with Gasteiger partial charge in [-0.05, 0) is 30.7 Å². The summed E-state index contributed by atoms with van der Waals surface area (Å²) in [5.41, 5.74) is 7.57. The van der Waals surface area contributed by atoms with Gasteiger partial charge in [-0.25, -0.2) is 9.78 Å². The predicted octanol–water partition coefficient (Wildman–Crippen LogP) is 2.02. The summed E-state index contributed by atoms with van der Waals surface area (Å²) in [5, 5.41) is 3.17. The summed E-state index contributed by atoms with van der Waals surface area (Å²) < 4.78 is 4.68. The van der Waals surface area contributed by atoms with Crippen molar-refractivity contribution in [3.05, 3.63) is 47.9 Å². The summed E-state index contributed by atoms with van der Waals surface area (Å²) in [7, 11) is 1.31. The van der Waals surface area contributed by atoms with Crippen molar-refractivity contribution in [1.29, 1.82) is 0 Å². The number of hydrogen-bond donors (Lipinski definition) is 2. The van der Waals surface area contributed by atoms with Gasteiger partial charge in [-0.15, -0.1) is 0 Å². The van der Waals surface area contributed by atoms with Crippen molar-refractivity contribution in [3.8, 4) is 0 Å². The van der Waals surface area contributed by atoms with Crippen LogP contribution in [-0.4, -0.2) is 23.0 Å². The van der Waals surface area contributed by atoms with Crippen molar-refractivity contribution in [3.63, 3.8) is 0 Å². The van der Waals surface area contributed by atoms with Crippen LogP contribution in [0.4, 0.5) is 11.5 Å². The number of anilines is 2. The van der Waals surface area contributed by atoms with Gasteiger partial charge in [0.2, 0.25) is 0 Å². The van der Waals surface area contributed by atoms with Crippen molar-refractivity contribution >= 4 is 17.5 Å². The highest BCUT2D eigenvalue weighted by Gasteiger charge is 2.15. The van der Waals surface area contributed by atoms with Gasteiger partial charge in [0.15, 0.2) is 5.82 Å². The van der Waals surface area contributed by atoms with Gasteiger partial charge >= 0.3 is 5.97 Å². The van der Waals surface area contributed by atoms with E-state index in [1.807, 2.05) is 19.1 Å². The zero-order valence-corrected chi connectivity index (χ0v) is 11.3. The Balaban J connectivity index is 2.24. The van der Waals surface area contributed by atoms with Crippen LogP contribution in [0.2, 0.25) is 0 Å². The highest BCUT2D eigenvalue weighted by atomic mass is 16.5. The van der Waals surface area contributed by atoms with Crippen molar-refractivity contribution in [1.82, 2.24) is 9.97 Å². The Morgan fingerprint density at radius 1 is 1.30 bits per heavy atom. The van der Waals surface area contributed by atoms with E-state index in [0.29, 0.717) is 11.4 Å². The lowest BCUT2D eigenvalue weighted by Crippen LogP contribution is -2.13. The van der Waals surface area contributed by atoms with E-state index >= 15 is 0 Å². The second-order valence-corrected chi connectivity index (χ2v) is 4.26. The molecule has 0 radical (unpaired) electrons. The first-order valence-electron chi connectivity index (χ1n) is 6.12. The van der Waals surface area contributed by atoms with Crippen LogP contribution < -0.4 is 11.1 Å². The number of ether oxygens (including phenoxy) is 1. The molecule has 104 valence electrons. The molecule has 2 aromatic rings. The molecule has 1 unspecified atom stereocenters. The lowest BCUT2D eigenvalue weighted by molar-refractivity contribution is 0.0602. The third kappa shape index (κ3) is 2.85. The van der Waals surface area contributed by atoms with Crippen LogP contribution in [0.1, 0.15) is 28.9 Å². The van der Waals surface area contributed by atoms with E-state index in [9.17, 15) is 4.79 Å². The molecular weight excluding hydrogens is 256 g/mol. The molecule has 2 aromatic heterocycles. The molecule has 0 aliphatic rings. The summed E-state index contributed by atoms with van der Waals surface area (Å²) in [6.07, 6.45) is 4.95. The Hall–Kier alpha value is -2.63. The molecule has 2 heterocycles. The first-order chi connectivity index (χ1) is 9.63. The average molecular weight is 272 g/mol. The number of aromatic nitrogens is 2. The van der Waals surface area contributed by atoms with Crippen LogP contribution in [0.3, 0.4) is 0 Å². The normalized spacial score (nSPS) is 11.7. The van der Waals surface area contributed by atoms with E-state index < -0.39 is 5.97 Å². The lowest BCUT2D eigenvalue weighted by atomic mass is 10.1. The van der Waals surface area contributed by atoms with E-state index in [-0.39, 0.29) is 11.7 Å². The maximum absolute atomic E-state index is 11.6. The van der Waals surface area contributed by atoms with Crippen molar-refractivity contribution in [2.75, 3.05) is 18.2 Å². The molecule has 1 atom stereocenters. The number of nitrogens with zero attached hydrogens (tertiary/aromatic N) is 2. The molecule has 20 heavy (non-hydrogen) atoms. The van der Waals surface area contributed by atoms with Gasteiger partial charge in [-0.1, -0.05) is 0 Å². The largest absolute Gasteiger partial charge is 0.465 e. The van der Waals surface area contributed by atoms with Gasteiger partial charge in [-0.2, -0.15) is 0 Å². The second kappa shape index (κ2) is 6.01. The first-order valence-corrected chi connectivity index (χ1v) is 6.12. The van der Waals surface area contributed by atoms with E-state index in [0.717, 1.165) is 5.56 Å². The highest BCUT2D eigenvalue weighted by Crippen LogP contribution is 2.25. The van der Waals surface area contributed by atoms with Crippen molar-refractivity contribution in [2.24, 2.45) is 0 Å².